The van der Waals surface area contributed by atoms with E-state index in [2.05, 4.69) is 17.2 Å². The largest absolute Gasteiger partial charge is 0.402 e. The van der Waals surface area contributed by atoms with Crippen molar-refractivity contribution >= 4 is 34.5 Å². The molecule has 0 aliphatic rings. The second kappa shape index (κ2) is 10.8. The number of nitrogens with two attached hydrogens (primary N) is 1. The zero-order chi connectivity index (χ0) is 23.8. The third kappa shape index (κ3) is 5.90. The smallest absolute Gasteiger partial charge is 0.250 e. The molecule has 2 aromatic carbocycles. The molecule has 0 unspecified atom stereocenters. The molecule has 0 saturated carbocycles. The van der Waals surface area contributed by atoms with Crippen molar-refractivity contribution in [3.05, 3.63) is 84.2 Å². The fourth-order valence-corrected chi connectivity index (χ4v) is 3.08. The molecule has 0 fully saturated rings. The van der Waals surface area contributed by atoms with Crippen LogP contribution in [0.2, 0.25) is 0 Å². The number of nitrogens with zero attached hydrogens (tertiary/aromatic N) is 2. The summed E-state index contributed by atoms with van der Waals surface area (Å²) in [6.45, 7) is 5.55. The second-order valence-corrected chi connectivity index (χ2v) is 7.19. The number of carbonyl (C=O) groups excluding carboxylic acids is 1. The molecule has 168 valence electrons. The van der Waals surface area contributed by atoms with Gasteiger partial charge in [0.25, 0.3) is 0 Å². The predicted octanol–water partition coefficient (Wildman–Crippen LogP) is 4.25. The lowest BCUT2D eigenvalue weighted by molar-refractivity contribution is -0.119. The normalized spacial score (nSPS) is 12.1. The molecule has 3 rings (SSSR count). The van der Waals surface area contributed by atoms with Crippen molar-refractivity contribution in [2.45, 2.75) is 6.92 Å². The van der Waals surface area contributed by atoms with Crippen LogP contribution in [0, 0.1) is 5.41 Å². The Balaban J connectivity index is 2.06. The highest BCUT2D eigenvalue weighted by molar-refractivity contribution is 5.93. The Labute approximate surface area is 192 Å². The maximum Gasteiger partial charge on any atom is 0.250 e. The number of methoxy groups -OCH3 is 1. The molecule has 0 radical (unpaired) electrons. The van der Waals surface area contributed by atoms with E-state index in [1.54, 1.807) is 31.2 Å². The summed E-state index contributed by atoms with van der Waals surface area (Å²) < 4.78 is 4.87. The summed E-state index contributed by atoms with van der Waals surface area (Å²) in [6.07, 6.45) is 4.56. The molecule has 8 nitrogen and oxygen atoms in total. The van der Waals surface area contributed by atoms with Crippen molar-refractivity contribution in [3.8, 4) is 11.4 Å². The van der Waals surface area contributed by atoms with Gasteiger partial charge < -0.3 is 26.5 Å². The number of ether oxygens (including phenoxy) is 1. The first-order chi connectivity index (χ1) is 15.9. The molecule has 0 aliphatic heterocycles. The van der Waals surface area contributed by atoms with Crippen LogP contribution in [0.1, 0.15) is 6.92 Å². The van der Waals surface area contributed by atoms with Crippen molar-refractivity contribution in [2.75, 3.05) is 24.4 Å². The highest BCUT2D eigenvalue weighted by Gasteiger charge is 2.11. The van der Waals surface area contributed by atoms with Crippen LogP contribution in [-0.2, 0) is 9.53 Å². The first-order valence-electron chi connectivity index (χ1n) is 10.2. The summed E-state index contributed by atoms with van der Waals surface area (Å²) in [5.41, 5.74) is 9.68. The summed E-state index contributed by atoms with van der Waals surface area (Å²) in [5, 5.41) is 14.5. The third-order valence-corrected chi connectivity index (χ3v) is 4.69. The Hall–Kier alpha value is -4.30. The molecule has 1 heterocycles. The Morgan fingerprint density at radius 1 is 1.18 bits per heavy atom. The van der Waals surface area contributed by atoms with Gasteiger partial charge in [0.1, 0.15) is 12.4 Å². The monoisotopic (exact) mass is 442 g/mol. The van der Waals surface area contributed by atoms with Gasteiger partial charge in [0.05, 0.1) is 5.52 Å². The zero-order valence-electron chi connectivity index (χ0n) is 18.6. The SMILES string of the molecule is C=C/C(=C\C(C=N)=C(/C)N)Nc1nc(-c2cccc(NC(=O)COC)c2)nc2ccccc12. The average molecular weight is 443 g/mol. The lowest BCUT2D eigenvalue weighted by Crippen LogP contribution is -2.17. The number of hydrogen-bond acceptors (Lipinski definition) is 7. The number of hydrogen-bond donors (Lipinski definition) is 4. The van der Waals surface area contributed by atoms with Gasteiger partial charge in [-0.2, -0.15) is 0 Å². The number of carbonyl (C=O) groups is 1. The Bertz CT molecular complexity index is 1260. The first kappa shape index (κ1) is 23.4. The van der Waals surface area contributed by atoms with Crippen LogP contribution in [0.15, 0.2) is 84.2 Å². The third-order valence-electron chi connectivity index (χ3n) is 4.69. The standard InChI is InChI=1S/C25H26N6O2/c1-4-19(13-18(14-26)16(2)27)29-25-21-10-5-6-11-22(21)30-24(31-25)17-8-7-9-20(12-17)28-23(32)15-33-3/h4-14,26H,1,15,27H2,2-3H3,(H,28,32)(H,29,30,31)/b18-16-,19-13+,26-14?. The van der Waals surface area contributed by atoms with Crippen molar-refractivity contribution in [2.24, 2.45) is 5.73 Å². The van der Waals surface area contributed by atoms with Gasteiger partial charge >= 0.3 is 0 Å². The molecule has 3 aromatic rings. The summed E-state index contributed by atoms with van der Waals surface area (Å²) in [4.78, 5) is 21.3. The van der Waals surface area contributed by atoms with Crippen molar-refractivity contribution in [3.63, 3.8) is 0 Å². The van der Waals surface area contributed by atoms with E-state index < -0.39 is 0 Å². The minimum atomic E-state index is -0.248. The van der Waals surface area contributed by atoms with Gasteiger partial charge in [-0.25, -0.2) is 9.97 Å². The number of benzene rings is 2. The van der Waals surface area contributed by atoms with Crippen molar-refractivity contribution < 1.29 is 9.53 Å². The van der Waals surface area contributed by atoms with Gasteiger partial charge in [0, 0.05) is 46.9 Å². The summed E-state index contributed by atoms with van der Waals surface area (Å²) in [6, 6.07) is 14.9. The number of aromatic nitrogens is 2. The highest BCUT2D eigenvalue weighted by Crippen LogP contribution is 2.27. The average Bonchev–Trinajstić information content (AvgIpc) is 2.81. The molecule has 1 amide bonds. The predicted molar refractivity (Wildman–Crippen MR) is 133 cm³/mol. The van der Waals surface area contributed by atoms with Crippen LogP contribution in [0.3, 0.4) is 0 Å². The maximum atomic E-state index is 11.9. The number of nitrogens with one attached hydrogen (secondary N) is 3. The summed E-state index contributed by atoms with van der Waals surface area (Å²) in [5.74, 6) is 0.817. The van der Waals surface area contributed by atoms with Gasteiger partial charge in [0.2, 0.25) is 5.91 Å². The van der Waals surface area contributed by atoms with E-state index in [-0.39, 0.29) is 12.5 Å². The van der Waals surface area contributed by atoms with Crippen LogP contribution < -0.4 is 16.4 Å². The second-order valence-electron chi connectivity index (χ2n) is 7.19. The number of allylic oxidation sites excluding steroid dienone is 4. The van der Waals surface area contributed by atoms with Crippen molar-refractivity contribution in [1.82, 2.24) is 9.97 Å². The number of amides is 1. The quantitative estimate of drug-likeness (QED) is 0.290. The van der Waals surface area contributed by atoms with Gasteiger partial charge in [-0.15, -0.1) is 0 Å². The first-order valence-corrected chi connectivity index (χ1v) is 10.2. The molecular weight excluding hydrogens is 416 g/mol. The summed E-state index contributed by atoms with van der Waals surface area (Å²) >= 11 is 0. The Morgan fingerprint density at radius 3 is 2.67 bits per heavy atom. The van der Waals surface area contributed by atoms with E-state index in [4.69, 9.17) is 25.8 Å². The minimum Gasteiger partial charge on any atom is -0.402 e. The molecule has 8 heteroatoms. The van der Waals surface area contributed by atoms with E-state index in [1.165, 1.54) is 13.3 Å². The zero-order valence-corrected chi connectivity index (χ0v) is 18.6. The van der Waals surface area contributed by atoms with Gasteiger partial charge in [0.15, 0.2) is 5.82 Å². The summed E-state index contributed by atoms with van der Waals surface area (Å²) in [7, 11) is 1.47. The van der Waals surface area contributed by atoms with E-state index in [9.17, 15) is 4.79 Å². The molecule has 0 aliphatic carbocycles. The van der Waals surface area contributed by atoms with E-state index >= 15 is 0 Å². The molecule has 0 spiro atoms. The van der Waals surface area contributed by atoms with E-state index in [0.29, 0.717) is 34.3 Å². The van der Waals surface area contributed by atoms with Gasteiger partial charge in [-0.1, -0.05) is 30.8 Å². The van der Waals surface area contributed by atoms with Crippen LogP contribution in [0.25, 0.3) is 22.3 Å². The molecule has 1 aromatic heterocycles. The molecule has 0 bridgehead atoms. The number of fused-ring (bicyclic) bond motifs is 1. The van der Waals surface area contributed by atoms with E-state index in [1.807, 2.05) is 36.4 Å². The molecule has 0 atom stereocenters. The van der Waals surface area contributed by atoms with Crippen LogP contribution in [0.4, 0.5) is 11.5 Å². The van der Waals surface area contributed by atoms with Gasteiger partial charge in [-0.3, -0.25) is 4.79 Å². The topological polar surface area (TPSA) is 126 Å². The number of anilines is 2. The highest BCUT2D eigenvalue weighted by atomic mass is 16.5. The lowest BCUT2D eigenvalue weighted by Gasteiger charge is -2.13. The van der Waals surface area contributed by atoms with Crippen LogP contribution >= 0.6 is 0 Å². The van der Waals surface area contributed by atoms with Gasteiger partial charge in [-0.05, 0) is 43.3 Å². The molecular formula is C25H26N6O2. The maximum absolute atomic E-state index is 11.9. The lowest BCUT2D eigenvalue weighted by atomic mass is 10.1. The molecule has 0 saturated heterocycles. The molecule has 5 N–H and O–H groups in total. The Kier molecular flexibility index (Phi) is 7.67. The Morgan fingerprint density at radius 2 is 1.97 bits per heavy atom. The fraction of sp³-hybridized carbons (Fsp3) is 0.120. The number of para-hydroxylation sites is 1. The fourth-order valence-electron chi connectivity index (χ4n) is 3.08. The van der Waals surface area contributed by atoms with Crippen molar-refractivity contribution in [1.29, 1.82) is 5.41 Å². The number of rotatable bonds is 9. The van der Waals surface area contributed by atoms with Crippen LogP contribution in [-0.4, -0.2) is 35.8 Å². The molecule has 33 heavy (non-hydrogen) atoms. The van der Waals surface area contributed by atoms with E-state index in [0.717, 1.165) is 16.5 Å². The van der Waals surface area contributed by atoms with Crippen LogP contribution in [0.5, 0.6) is 0 Å². The minimum absolute atomic E-state index is 0.0319.